The molecule has 0 N–H and O–H groups in total. The van der Waals surface area contributed by atoms with E-state index in [1.54, 1.807) is 0 Å². The van der Waals surface area contributed by atoms with Crippen LogP contribution < -0.4 is 0 Å². The Hall–Kier alpha value is -1.11. The highest BCUT2D eigenvalue weighted by Gasteiger charge is 2.30. The minimum atomic E-state index is 0.255. The van der Waals surface area contributed by atoms with Crippen molar-refractivity contribution in [2.75, 3.05) is 0 Å². The maximum Gasteiger partial charge on any atom is 0.165 e. The van der Waals surface area contributed by atoms with Gasteiger partial charge in [0.15, 0.2) is 5.78 Å². The fraction of sp³-hybridized carbons (Fsp3) is 0.588. The fourth-order valence-corrected chi connectivity index (χ4v) is 2.80. The van der Waals surface area contributed by atoms with E-state index in [4.69, 9.17) is 0 Å². The zero-order chi connectivity index (χ0) is 13.2. The second-order valence-electron chi connectivity index (χ2n) is 6.35. The number of ketones is 1. The topological polar surface area (TPSA) is 17.1 Å². The van der Waals surface area contributed by atoms with E-state index in [0.29, 0.717) is 11.2 Å². The van der Waals surface area contributed by atoms with E-state index in [2.05, 4.69) is 32.9 Å². The van der Waals surface area contributed by atoms with Gasteiger partial charge in [-0.25, -0.2) is 0 Å². The Bertz CT molecular complexity index is 404. The van der Waals surface area contributed by atoms with Gasteiger partial charge >= 0.3 is 0 Å². The summed E-state index contributed by atoms with van der Waals surface area (Å²) in [5.74, 6) is 0.610. The molecule has 1 saturated carbocycles. The van der Waals surface area contributed by atoms with E-state index in [1.165, 1.54) is 18.4 Å². The number of Topliss-reactive ketones (excluding diaryl/α,β-unsaturated/α-hetero) is 1. The van der Waals surface area contributed by atoms with Crippen LogP contribution in [-0.2, 0) is 6.42 Å². The van der Waals surface area contributed by atoms with Crippen LogP contribution in [-0.4, -0.2) is 5.78 Å². The number of rotatable bonds is 3. The van der Waals surface area contributed by atoms with Crippen molar-refractivity contribution in [2.45, 2.75) is 52.9 Å². The average Bonchev–Trinajstić information content (AvgIpc) is 2.38. The van der Waals surface area contributed by atoms with Gasteiger partial charge in [0.05, 0.1) is 0 Å². The van der Waals surface area contributed by atoms with Gasteiger partial charge in [-0.15, -0.1) is 0 Å². The molecule has 1 aliphatic rings. The molecule has 98 valence electrons. The summed E-state index contributed by atoms with van der Waals surface area (Å²) in [4.78, 5) is 12.4. The lowest BCUT2D eigenvalue weighted by atomic mass is 9.71. The Morgan fingerprint density at radius 3 is 2.22 bits per heavy atom. The highest BCUT2D eigenvalue weighted by Crippen LogP contribution is 2.39. The fourth-order valence-electron chi connectivity index (χ4n) is 2.80. The number of aryl methyl sites for hydroxylation is 1. The van der Waals surface area contributed by atoms with Gasteiger partial charge in [0, 0.05) is 11.5 Å². The maximum atomic E-state index is 12.4. The molecule has 1 aromatic carbocycles. The maximum absolute atomic E-state index is 12.4. The lowest BCUT2D eigenvalue weighted by Gasteiger charge is -2.33. The van der Waals surface area contributed by atoms with Crippen molar-refractivity contribution in [1.29, 1.82) is 0 Å². The van der Waals surface area contributed by atoms with Crippen molar-refractivity contribution in [3.05, 3.63) is 35.4 Å². The smallest absolute Gasteiger partial charge is 0.165 e. The van der Waals surface area contributed by atoms with E-state index in [0.717, 1.165) is 24.8 Å². The van der Waals surface area contributed by atoms with Crippen LogP contribution in [0, 0.1) is 11.3 Å². The first-order chi connectivity index (χ1) is 8.52. The van der Waals surface area contributed by atoms with Gasteiger partial charge in [-0.3, -0.25) is 4.79 Å². The van der Waals surface area contributed by atoms with Crippen LogP contribution in [0.3, 0.4) is 0 Å². The van der Waals surface area contributed by atoms with Crippen molar-refractivity contribution < 1.29 is 4.79 Å². The first kappa shape index (κ1) is 13.3. The molecule has 18 heavy (non-hydrogen) atoms. The Morgan fingerprint density at radius 2 is 1.72 bits per heavy atom. The number of carbonyl (C=O) groups excluding carboxylic acids is 1. The Labute approximate surface area is 111 Å². The summed E-state index contributed by atoms with van der Waals surface area (Å²) >= 11 is 0. The van der Waals surface area contributed by atoms with Gasteiger partial charge in [-0.2, -0.15) is 0 Å². The van der Waals surface area contributed by atoms with Gasteiger partial charge in [-0.1, -0.05) is 45.0 Å². The van der Waals surface area contributed by atoms with Gasteiger partial charge in [0.1, 0.15) is 0 Å². The van der Waals surface area contributed by atoms with Crippen LogP contribution in [0.15, 0.2) is 24.3 Å². The third-order valence-electron chi connectivity index (χ3n) is 4.36. The van der Waals surface area contributed by atoms with E-state index < -0.39 is 0 Å². The van der Waals surface area contributed by atoms with Gasteiger partial charge < -0.3 is 0 Å². The summed E-state index contributed by atoms with van der Waals surface area (Å²) in [5.41, 5.74) is 2.64. The predicted octanol–water partition coefficient (Wildman–Crippen LogP) is 4.65. The highest BCUT2D eigenvalue weighted by molar-refractivity contribution is 5.97. The molecular weight excluding hydrogens is 220 g/mol. The zero-order valence-corrected chi connectivity index (χ0v) is 11.8. The third-order valence-corrected chi connectivity index (χ3v) is 4.36. The number of benzene rings is 1. The van der Waals surface area contributed by atoms with Crippen LogP contribution in [0.25, 0.3) is 0 Å². The first-order valence-corrected chi connectivity index (χ1v) is 7.15. The largest absolute Gasteiger partial charge is 0.294 e. The summed E-state index contributed by atoms with van der Waals surface area (Å²) in [5, 5.41) is 0. The van der Waals surface area contributed by atoms with Gasteiger partial charge in [-0.05, 0) is 43.1 Å². The predicted molar refractivity (Wildman–Crippen MR) is 75.9 cm³/mol. The van der Waals surface area contributed by atoms with Crippen molar-refractivity contribution in [1.82, 2.24) is 0 Å². The van der Waals surface area contributed by atoms with Crippen LogP contribution in [0.5, 0.6) is 0 Å². The molecule has 1 aliphatic carbocycles. The lowest BCUT2D eigenvalue weighted by molar-refractivity contribution is 0.0838. The number of carbonyl (C=O) groups is 1. The normalized spacial score (nSPS) is 19.7. The monoisotopic (exact) mass is 244 g/mol. The summed E-state index contributed by atoms with van der Waals surface area (Å²) in [6, 6.07) is 8.17. The first-order valence-electron chi connectivity index (χ1n) is 7.15. The molecule has 0 atom stereocenters. The molecule has 0 unspecified atom stereocenters. The Kier molecular flexibility index (Phi) is 3.89. The molecule has 0 radical (unpaired) electrons. The number of hydrogen-bond acceptors (Lipinski definition) is 1. The SMILES string of the molecule is CCc1ccc(C(=O)C2CCC(C)(C)CC2)cc1. The summed E-state index contributed by atoms with van der Waals surface area (Å²) in [6.45, 7) is 6.76. The molecule has 0 saturated heterocycles. The van der Waals surface area contributed by atoms with Crippen molar-refractivity contribution in [2.24, 2.45) is 11.3 Å². The second kappa shape index (κ2) is 5.26. The Balaban J connectivity index is 2.03. The summed E-state index contributed by atoms with van der Waals surface area (Å²) < 4.78 is 0. The van der Waals surface area contributed by atoms with E-state index in [-0.39, 0.29) is 5.92 Å². The van der Waals surface area contributed by atoms with E-state index in [9.17, 15) is 4.79 Å². The molecule has 2 rings (SSSR count). The van der Waals surface area contributed by atoms with Crippen LogP contribution in [0.1, 0.15) is 62.4 Å². The molecular formula is C17H24O. The number of hydrogen-bond donors (Lipinski definition) is 0. The quantitative estimate of drug-likeness (QED) is 0.707. The molecule has 0 spiro atoms. The molecule has 0 amide bonds. The van der Waals surface area contributed by atoms with Crippen molar-refractivity contribution in [3.8, 4) is 0 Å². The molecule has 1 nitrogen and oxygen atoms in total. The molecule has 1 fully saturated rings. The molecule has 1 aromatic rings. The lowest BCUT2D eigenvalue weighted by Crippen LogP contribution is -2.26. The standard InChI is InChI=1S/C17H24O/c1-4-13-5-7-14(8-6-13)16(18)15-9-11-17(2,3)12-10-15/h5-8,15H,4,9-12H2,1-3H3. The van der Waals surface area contributed by atoms with Crippen LogP contribution >= 0.6 is 0 Å². The zero-order valence-electron chi connectivity index (χ0n) is 11.8. The van der Waals surface area contributed by atoms with E-state index >= 15 is 0 Å². The minimum Gasteiger partial charge on any atom is -0.294 e. The van der Waals surface area contributed by atoms with Gasteiger partial charge in [0.2, 0.25) is 0 Å². The highest BCUT2D eigenvalue weighted by atomic mass is 16.1. The second-order valence-corrected chi connectivity index (χ2v) is 6.35. The molecule has 0 heterocycles. The minimum absolute atomic E-state index is 0.255. The average molecular weight is 244 g/mol. The van der Waals surface area contributed by atoms with Crippen molar-refractivity contribution in [3.63, 3.8) is 0 Å². The van der Waals surface area contributed by atoms with Crippen LogP contribution in [0.2, 0.25) is 0 Å². The van der Waals surface area contributed by atoms with E-state index in [1.807, 2.05) is 12.1 Å². The molecule has 0 bridgehead atoms. The third kappa shape index (κ3) is 3.01. The summed E-state index contributed by atoms with van der Waals surface area (Å²) in [6.07, 6.45) is 5.50. The molecule has 1 heteroatoms. The molecule has 0 aromatic heterocycles. The summed E-state index contributed by atoms with van der Waals surface area (Å²) in [7, 11) is 0. The van der Waals surface area contributed by atoms with Crippen molar-refractivity contribution >= 4 is 5.78 Å². The van der Waals surface area contributed by atoms with Gasteiger partial charge in [0.25, 0.3) is 0 Å². The molecule has 0 aliphatic heterocycles. The Morgan fingerprint density at radius 1 is 1.17 bits per heavy atom. The van der Waals surface area contributed by atoms with Crippen LogP contribution in [0.4, 0.5) is 0 Å².